The van der Waals surface area contributed by atoms with Gasteiger partial charge in [-0.1, -0.05) is 0 Å². The van der Waals surface area contributed by atoms with Gasteiger partial charge in [-0.3, -0.25) is 0 Å². The molecule has 0 spiro atoms. The topological polar surface area (TPSA) is 37.3 Å². The Hall–Kier alpha value is -0.580. The molecule has 60 valence electrons. The summed E-state index contributed by atoms with van der Waals surface area (Å²) >= 11 is -0.364. The monoisotopic (exact) mass is 263 g/mol. The van der Waals surface area contributed by atoms with Crippen LogP contribution in [0.2, 0.25) is 0 Å². The molecule has 0 saturated heterocycles. The van der Waals surface area contributed by atoms with Crippen LogP contribution < -0.4 is 21.2 Å². The van der Waals surface area contributed by atoms with E-state index in [1.54, 1.807) is 12.1 Å². The molecule has 0 atom stereocenters. The SMILES string of the molecule is C[I-]C(=O)c1ccc(O)cc1. The van der Waals surface area contributed by atoms with Crippen molar-refractivity contribution in [3.05, 3.63) is 29.8 Å². The summed E-state index contributed by atoms with van der Waals surface area (Å²) in [7, 11) is 0. The van der Waals surface area contributed by atoms with Gasteiger partial charge in [0.15, 0.2) is 0 Å². The first-order valence-corrected chi connectivity index (χ1v) is 6.30. The minimum absolute atomic E-state index is 0.204. The molecule has 0 bridgehead atoms. The van der Waals surface area contributed by atoms with Gasteiger partial charge in [0.2, 0.25) is 0 Å². The number of hydrogen-bond donors (Lipinski definition) is 1. The second-order valence-electron chi connectivity index (χ2n) is 2.01. The Bertz CT molecular complexity index is 253. The van der Waals surface area contributed by atoms with E-state index >= 15 is 0 Å². The Labute approximate surface area is 75.5 Å². The summed E-state index contributed by atoms with van der Waals surface area (Å²) in [4.78, 5) is 13.0. The van der Waals surface area contributed by atoms with Gasteiger partial charge in [0.1, 0.15) is 0 Å². The van der Waals surface area contributed by atoms with Crippen LogP contribution in [0.1, 0.15) is 10.4 Å². The summed E-state index contributed by atoms with van der Waals surface area (Å²) in [5.74, 6) is 0.204. The van der Waals surface area contributed by atoms with E-state index in [0.717, 1.165) is 0 Å². The average molecular weight is 263 g/mol. The number of phenolic OH excluding ortho intramolecular Hbond substituents is 1. The van der Waals surface area contributed by atoms with Crippen molar-refractivity contribution in [3.63, 3.8) is 0 Å². The third kappa shape index (κ3) is 2.18. The molecule has 1 N–H and O–H groups in total. The van der Waals surface area contributed by atoms with Crippen LogP contribution in [0.15, 0.2) is 24.3 Å². The van der Waals surface area contributed by atoms with Crippen molar-refractivity contribution in [2.45, 2.75) is 0 Å². The zero-order chi connectivity index (χ0) is 8.27. The van der Waals surface area contributed by atoms with E-state index in [1.807, 2.05) is 4.93 Å². The summed E-state index contributed by atoms with van der Waals surface area (Å²) in [6.45, 7) is 0. The molecule has 0 unspecified atom stereocenters. The quantitative estimate of drug-likeness (QED) is 0.390. The van der Waals surface area contributed by atoms with Crippen LogP contribution in [-0.2, 0) is 0 Å². The maximum absolute atomic E-state index is 11.1. The molecule has 2 nitrogen and oxygen atoms in total. The standard InChI is InChI=1S/C8H8IO2/c1-9-8(11)6-2-4-7(10)5-3-6/h2-5,10H,1H3/q-1. The van der Waals surface area contributed by atoms with Crippen LogP contribution in [0.5, 0.6) is 5.75 Å². The molecule has 0 fully saturated rings. The normalized spacial score (nSPS) is 9.91. The summed E-state index contributed by atoms with van der Waals surface area (Å²) < 4.78 is 0.212. The second kappa shape index (κ2) is 3.71. The summed E-state index contributed by atoms with van der Waals surface area (Å²) in [6.07, 6.45) is 0. The van der Waals surface area contributed by atoms with Crippen LogP contribution in [-0.4, -0.2) is 13.8 Å². The van der Waals surface area contributed by atoms with Crippen LogP contribution in [0.25, 0.3) is 0 Å². The van der Waals surface area contributed by atoms with Crippen LogP contribution in [0.3, 0.4) is 0 Å². The summed E-state index contributed by atoms with van der Waals surface area (Å²) in [5, 5.41) is 8.91. The molecule has 1 aromatic rings. The van der Waals surface area contributed by atoms with Gasteiger partial charge in [-0.25, -0.2) is 0 Å². The first-order valence-electron chi connectivity index (χ1n) is 3.07. The van der Waals surface area contributed by atoms with Gasteiger partial charge in [0, 0.05) is 0 Å². The molecular formula is C8H8IO2-. The number of carbonyl (C=O) groups is 1. The van der Waals surface area contributed by atoms with E-state index in [0.29, 0.717) is 5.56 Å². The first-order chi connectivity index (χ1) is 5.24. The predicted octanol–water partition coefficient (Wildman–Crippen LogP) is -1.75. The Morgan fingerprint density at radius 1 is 1.36 bits per heavy atom. The Kier molecular flexibility index (Phi) is 2.87. The van der Waals surface area contributed by atoms with Gasteiger partial charge in [-0.05, 0) is 0 Å². The number of phenols is 1. The molecule has 0 amide bonds. The van der Waals surface area contributed by atoms with Crippen LogP contribution in [0.4, 0.5) is 0 Å². The van der Waals surface area contributed by atoms with Crippen molar-refractivity contribution in [1.29, 1.82) is 0 Å². The van der Waals surface area contributed by atoms with Crippen molar-refractivity contribution in [1.82, 2.24) is 0 Å². The number of hydrogen-bond acceptors (Lipinski definition) is 2. The number of rotatable bonds is 2. The molecule has 0 heterocycles. The van der Waals surface area contributed by atoms with Crippen LogP contribution >= 0.6 is 0 Å². The third-order valence-electron chi connectivity index (χ3n) is 1.27. The molecule has 0 aliphatic carbocycles. The maximum atomic E-state index is 11.1. The molecule has 1 aromatic carbocycles. The first kappa shape index (κ1) is 8.52. The van der Waals surface area contributed by atoms with Crippen LogP contribution in [0, 0.1) is 0 Å². The molecule has 1 rings (SSSR count). The van der Waals surface area contributed by atoms with Gasteiger partial charge >= 0.3 is 75.4 Å². The Morgan fingerprint density at radius 3 is 2.36 bits per heavy atom. The predicted molar refractivity (Wildman–Crippen MR) is 38.4 cm³/mol. The van der Waals surface area contributed by atoms with E-state index < -0.39 is 0 Å². The molecule has 0 saturated carbocycles. The number of benzene rings is 1. The Balaban J connectivity index is 2.90. The molecule has 0 aliphatic heterocycles. The van der Waals surface area contributed by atoms with Gasteiger partial charge in [0.25, 0.3) is 0 Å². The fourth-order valence-corrected chi connectivity index (χ4v) is 1.68. The Morgan fingerprint density at radius 2 is 1.91 bits per heavy atom. The van der Waals surface area contributed by atoms with Crippen molar-refractivity contribution < 1.29 is 31.1 Å². The van der Waals surface area contributed by atoms with E-state index in [9.17, 15) is 4.79 Å². The van der Waals surface area contributed by atoms with Crippen molar-refractivity contribution >= 4 is 3.79 Å². The fourth-order valence-electron chi connectivity index (χ4n) is 0.702. The van der Waals surface area contributed by atoms with Gasteiger partial charge in [0.05, 0.1) is 0 Å². The second-order valence-corrected chi connectivity index (χ2v) is 4.07. The van der Waals surface area contributed by atoms with Gasteiger partial charge < -0.3 is 0 Å². The zero-order valence-electron chi connectivity index (χ0n) is 6.04. The van der Waals surface area contributed by atoms with E-state index in [2.05, 4.69) is 0 Å². The molecule has 3 heteroatoms. The number of aromatic hydroxyl groups is 1. The molecule has 0 aromatic heterocycles. The van der Waals surface area contributed by atoms with E-state index in [4.69, 9.17) is 5.11 Å². The fraction of sp³-hybridized carbons (Fsp3) is 0.125. The molecule has 11 heavy (non-hydrogen) atoms. The summed E-state index contributed by atoms with van der Waals surface area (Å²) in [5.41, 5.74) is 0.707. The number of carbonyl (C=O) groups excluding carboxylic acids is 1. The third-order valence-corrected chi connectivity index (χ3v) is 2.87. The van der Waals surface area contributed by atoms with Crippen molar-refractivity contribution in [2.24, 2.45) is 0 Å². The van der Waals surface area contributed by atoms with E-state index in [1.165, 1.54) is 12.1 Å². The van der Waals surface area contributed by atoms with Gasteiger partial charge in [-0.15, -0.1) is 0 Å². The summed E-state index contributed by atoms with van der Waals surface area (Å²) in [6, 6.07) is 6.38. The number of halogens is 1. The van der Waals surface area contributed by atoms with Crippen molar-refractivity contribution in [2.75, 3.05) is 4.93 Å². The zero-order valence-corrected chi connectivity index (χ0v) is 8.20. The molecular weight excluding hydrogens is 255 g/mol. The van der Waals surface area contributed by atoms with E-state index in [-0.39, 0.29) is 30.7 Å². The van der Waals surface area contributed by atoms with Gasteiger partial charge in [-0.2, -0.15) is 0 Å². The molecule has 0 radical (unpaired) electrons. The number of alkyl halides is 1. The average Bonchev–Trinajstić information content (AvgIpc) is 2.05. The van der Waals surface area contributed by atoms with Crippen molar-refractivity contribution in [3.8, 4) is 5.75 Å². The minimum atomic E-state index is -0.364. The molecule has 0 aliphatic rings.